The number of nitrogens with zero attached hydrogens (tertiary/aromatic N) is 2. The normalized spacial score (nSPS) is 22.0. The van der Waals surface area contributed by atoms with Crippen LogP contribution in [0.4, 0.5) is 4.39 Å². The maximum absolute atomic E-state index is 14.1. The van der Waals surface area contributed by atoms with Gasteiger partial charge in [-0.25, -0.2) is 4.39 Å². The van der Waals surface area contributed by atoms with E-state index in [0.29, 0.717) is 26.2 Å². The quantitative estimate of drug-likeness (QED) is 0.619. The van der Waals surface area contributed by atoms with Gasteiger partial charge >= 0.3 is 0 Å². The number of piperazine rings is 1. The molecule has 0 spiro atoms. The Hall–Kier alpha value is -1.15. The maximum Gasteiger partial charge on any atom is 0.142 e. The Morgan fingerprint density at radius 3 is 2.70 bits per heavy atom. The van der Waals surface area contributed by atoms with E-state index in [-0.39, 0.29) is 28.9 Å². The van der Waals surface area contributed by atoms with Gasteiger partial charge in [0, 0.05) is 28.9 Å². The van der Waals surface area contributed by atoms with Crippen LogP contribution >= 0.6 is 23.4 Å². The topological polar surface area (TPSA) is 46.5 Å². The van der Waals surface area contributed by atoms with E-state index >= 15 is 0 Å². The zero-order valence-corrected chi connectivity index (χ0v) is 16.5. The van der Waals surface area contributed by atoms with Gasteiger partial charge in [-0.15, -0.1) is 0 Å². The van der Waals surface area contributed by atoms with E-state index in [1.807, 2.05) is 12.1 Å². The lowest BCUT2D eigenvalue weighted by molar-refractivity contribution is -0.885. The number of hydroxylamine groups is 3. The van der Waals surface area contributed by atoms with Crippen molar-refractivity contribution in [2.75, 3.05) is 39.3 Å². The van der Waals surface area contributed by atoms with Gasteiger partial charge in [0.1, 0.15) is 12.4 Å². The van der Waals surface area contributed by atoms with Crippen molar-refractivity contribution >= 4 is 23.4 Å². The second-order valence-electron chi connectivity index (χ2n) is 7.22. The minimum atomic E-state index is -0.405. The lowest BCUT2D eigenvalue weighted by Crippen LogP contribution is -2.57. The molecule has 2 aliphatic heterocycles. The Morgan fingerprint density at radius 2 is 1.96 bits per heavy atom. The molecule has 0 bridgehead atoms. The Kier molecular flexibility index (Phi) is 5.47. The van der Waals surface area contributed by atoms with E-state index in [1.165, 1.54) is 11.6 Å². The van der Waals surface area contributed by atoms with Crippen molar-refractivity contribution in [3.05, 3.63) is 63.6 Å². The predicted molar refractivity (Wildman–Crippen MR) is 105 cm³/mol. The third kappa shape index (κ3) is 3.88. The Bertz CT molecular complexity index is 843. The second kappa shape index (κ2) is 7.70. The van der Waals surface area contributed by atoms with Crippen molar-refractivity contribution in [1.82, 2.24) is 4.90 Å². The molecule has 1 saturated heterocycles. The molecule has 1 fully saturated rings. The summed E-state index contributed by atoms with van der Waals surface area (Å²) >= 11 is 7.70. The van der Waals surface area contributed by atoms with E-state index in [0.717, 1.165) is 21.8 Å². The van der Waals surface area contributed by atoms with Gasteiger partial charge < -0.3 is 15.0 Å². The van der Waals surface area contributed by atoms with Crippen LogP contribution in [0.3, 0.4) is 0 Å². The van der Waals surface area contributed by atoms with Crippen LogP contribution in [0.15, 0.2) is 46.2 Å². The smallest absolute Gasteiger partial charge is 0.142 e. The zero-order chi connectivity index (χ0) is 19.0. The first-order valence-corrected chi connectivity index (χ1v) is 10.4. The molecule has 1 atom stereocenters. The highest BCUT2D eigenvalue weighted by atomic mass is 35.5. The van der Waals surface area contributed by atoms with E-state index in [4.69, 9.17) is 16.7 Å². The number of halogens is 2. The molecule has 4 rings (SSSR count). The van der Waals surface area contributed by atoms with Crippen molar-refractivity contribution < 1.29 is 14.1 Å². The summed E-state index contributed by atoms with van der Waals surface area (Å²) in [6.45, 7) is 2.36. The molecule has 0 radical (unpaired) electrons. The fraction of sp³-hybridized carbons (Fsp3) is 0.400. The largest absolute Gasteiger partial charge is 0.633 e. The highest BCUT2D eigenvalue weighted by Crippen LogP contribution is 2.44. The molecule has 27 heavy (non-hydrogen) atoms. The van der Waals surface area contributed by atoms with Crippen molar-refractivity contribution in [3.8, 4) is 0 Å². The number of benzene rings is 2. The molecule has 0 aliphatic carbocycles. The molecule has 2 aromatic carbocycles. The summed E-state index contributed by atoms with van der Waals surface area (Å²) in [5, 5.41) is 21.9. The van der Waals surface area contributed by atoms with Crippen LogP contribution in [0, 0.1) is 11.0 Å². The molecule has 2 aromatic rings. The van der Waals surface area contributed by atoms with Crippen molar-refractivity contribution in [1.29, 1.82) is 0 Å². The van der Waals surface area contributed by atoms with Crippen molar-refractivity contribution in [2.24, 2.45) is 0 Å². The monoisotopic (exact) mass is 408 g/mol. The third-order valence-electron chi connectivity index (χ3n) is 5.56. The van der Waals surface area contributed by atoms with Gasteiger partial charge in [-0.3, -0.25) is 4.90 Å². The summed E-state index contributed by atoms with van der Waals surface area (Å²) in [7, 11) is 0. The summed E-state index contributed by atoms with van der Waals surface area (Å²) in [6, 6.07) is 11.5. The molecule has 1 unspecified atom stereocenters. The van der Waals surface area contributed by atoms with Gasteiger partial charge in [-0.2, -0.15) is 0 Å². The first kappa shape index (κ1) is 19.2. The Labute approximate surface area is 167 Å². The lowest BCUT2D eigenvalue weighted by atomic mass is 9.96. The number of hydrogen-bond donors (Lipinski definition) is 1. The molecule has 0 saturated carbocycles. The van der Waals surface area contributed by atoms with Gasteiger partial charge in [-0.1, -0.05) is 41.6 Å². The molecule has 144 valence electrons. The molecule has 7 heteroatoms. The van der Waals surface area contributed by atoms with Crippen LogP contribution < -0.4 is 0 Å². The number of aliphatic hydroxyl groups is 1. The molecule has 0 aromatic heterocycles. The summed E-state index contributed by atoms with van der Waals surface area (Å²) in [4.78, 5) is 4.33. The lowest BCUT2D eigenvalue weighted by Gasteiger charge is -2.49. The van der Waals surface area contributed by atoms with Gasteiger partial charge in [-0.05, 0) is 35.7 Å². The van der Waals surface area contributed by atoms with Crippen LogP contribution in [-0.4, -0.2) is 54.0 Å². The molecule has 2 aliphatic rings. The van der Waals surface area contributed by atoms with Crippen LogP contribution in [0.2, 0.25) is 5.02 Å². The molecule has 2 heterocycles. The summed E-state index contributed by atoms with van der Waals surface area (Å²) in [5.41, 5.74) is 2.25. The minimum Gasteiger partial charge on any atom is -0.633 e. The molecular formula is C20H22ClFN2O2S. The number of hydrogen-bond acceptors (Lipinski definition) is 4. The highest BCUT2D eigenvalue weighted by molar-refractivity contribution is 7.99. The Morgan fingerprint density at radius 1 is 1.22 bits per heavy atom. The predicted octanol–water partition coefficient (Wildman–Crippen LogP) is 3.85. The fourth-order valence-corrected chi connectivity index (χ4v) is 5.30. The number of aliphatic hydroxyl groups excluding tert-OH is 1. The van der Waals surface area contributed by atoms with E-state index in [9.17, 15) is 9.60 Å². The fourth-order valence-electron chi connectivity index (χ4n) is 3.99. The van der Waals surface area contributed by atoms with Crippen LogP contribution in [0.5, 0.6) is 0 Å². The van der Waals surface area contributed by atoms with Crippen LogP contribution in [0.1, 0.15) is 17.2 Å². The van der Waals surface area contributed by atoms with E-state index in [1.54, 1.807) is 17.8 Å². The average Bonchev–Trinajstić information content (AvgIpc) is 2.80. The zero-order valence-electron chi connectivity index (χ0n) is 14.9. The van der Waals surface area contributed by atoms with E-state index in [2.05, 4.69) is 17.0 Å². The summed E-state index contributed by atoms with van der Waals surface area (Å²) < 4.78 is 13.8. The molecule has 1 N–H and O–H groups in total. The second-order valence-corrected chi connectivity index (χ2v) is 8.71. The molecule has 0 amide bonds. The number of rotatable bonds is 3. The van der Waals surface area contributed by atoms with Gasteiger partial charge in [0.25, 0.3) is 0 Å². The van der Waals surface area contributed by atoms with Crippen molar-refractivity contribution in [3.63, 3.8) is 0 Å². The average molecular weight is 409 g/mol. The Balaban J connectivity index is 1.69. The first-order chi connectivity index (χ1) is 13.0. The van der Waals surface area contributed by atoms with Gasteiger partial charge in [0.05, 0.1) is 24.7 Å². The summed E-state index contributed by atoms with van der Waals surface area (Å²) in [6.07, 6.45) is 0.803. The van der Waals surface area contributed by atoms with Gasteiger partial charge in [0.2, 0.25) is 0 Å². The highest BCUT2D eigenvalue weighted by Gasteiger charge is 2.33. The molecule has 4 nitrogen and oxygen atoms in total. The maximum atomic E-state index is 14.1. The van der Waals surface area contributed by atoms with Gasteiger partial charge in [0.15, 0.2) is 0 Å². The molecular weight excluding hydrogens is 387 g/mol. The van der Waals surface area contributed by atoms with Crippen molar-refractivity contribution in [2.45, 2.75) is 22.3 Å². The number of fused-ring (bicyclic) bond motifs is 2. The van der Waals surface area contributed by atoms with E-state index < -0.39 is 5.82 Å². The van der Waals surface area contributed by atoms with Crippen LogP contribution in [0.25, 0.3) is 0 Å². The minimum absolute atomic E-state index is 0.0529. The summed E-state index contributed by atoms with van der Waals surface area (Å²) in [5.74, 6) is -0.405. The standard InChI is InChI=1S/C20H22ClFN2O2S/c21-16-12-15-18(23-5-7-24(26,8-6-23)9-10-25)11-14-3-1-2-4-19(14)27-20(15)13-17(16)22/h1-4,12-13,18,25H,5-11H2. The number of quaternary nitrogens is 1. The first-order valence-electron chi connectivity index (χ1n) is 9.16. The third-order valence-corrected chi connectivity index (χ3v) is 7.04. The SMILES string of the molecule is [O-][N+]1(CCO)CCN(C2Cc3ccccc3Sc3cc(F)c(Cl)cc32)CC1. The van der Waals surface area contributed by atoms with Crippen LogP contribution in [-0.2, 0) is 6.42 Å².